The maximum Gasteiger partial charge on any atom is 0.306 e. The Morgan fingerprint density at radius 3 is 2.40 bits per heavy atom. The van der Waals surface area contributed by atoms with Crippen LogP contribution in [0.4, 0.5) is 0 Å². The lowest BCUT2D eigenvalue weighted by Crippen LogP contribution is -3.00. The molecule has 7 nitrogen and oxygen atoms in total. The second-order valence-electron chi connectivity index (χ2n) is 16.2. The molecular formula is C37H61BrN2O5. The van der Waals surface area contributed by atoms with E-state index in [-0.39, 0.29) is 58.0 Å². The van der Waals surface area contributed by atoms with E-state index in [4.69, 9.17) is 14.2 Å². The minimum atomic E-state index is -0.145. The highest BCUT2D eigenvalue weighted by Gasteiger charge is 2.67. The van der Waals surface area contributed by atoms with Crippen LogP contribution in [0.15, 0.2) is 12.7 Å². The Morgan fingerprint density at radius 1 is 1.00 bits per heavy atom. The van der Waals surface area contributed by atoms with Crippen molar-refractivity contribution in [2.24, 2.45) is 34.5 Å². The molecule has 0 unspecified atom stereocenters. The van der Waals surface area contributed by atoms with Gasteiger partial charge in [-0.1, -0.05) is 27.4 Å². The molecule has 2 heterocycles. The molecule has 45 heavy (non-hydrogen) atoms. The van der Waals surface area contributed by atoms with Crippen LogP contribution in [0.3, 0.4) is 0 Å². The summed E-state index contributed by atoms with van der Waals surface area (Å²) in [6, 6.07) is 0.638. The van der Waals surface area contributed by atoms with Gasteiger partial charge in [0.1, 0.15) is 12.1 Å². The number of fused-ring (bicyclic) bond motifs is 5. The molecule has 6 aliphatic rings. The molecule has 256 valence electrons. The number of morpholine rings is 1. The molecule has 0 aromatic carbocycles. The molecule has 0 aromatic heterocycles. The van der Waals surface area contributed by atoms with Crippen molar-refractivity contribution in [3.63, 3.8) is 0 Å². The number of halogens is 1. The highest BCUT2D eigenvalue weighted by molar-refractivity contribution is 5.69. The number of rotatable bonds is 8. The quantitative estimate of drug-likeness (QED) is 0.221. The third-order valence-corrected chi connectivity index (χ3v) is 14.0. The lowest BCUT2D eigenvalue weighted by atomic mass is 9.44. The molecule has 4 aliphatic carbocycles. The predicted molar refractivity (Wildman–Crippen MR) is 172 cm³/mol. The van der Waals surface area contributed by atoms with E-state index in [0.29, 0.717) is 36.1 Å². The summed E-state index contributed by atoms with van der Waals surface area (Å²) in [5, 5.41) is 0. The normalized spacial score (nSPS) is 42.7. The number of hydrogen-bond acceptors (Lipinski definition) is 6. The largest absolute Gasteiger partial charge is 1.00 e. The Kier molecular flexibility index (Phi) is 11.2. The minimum absolute atomic E-state index is 0. The average Bonchev–Trinajstić information content (AvgIpc) is 3.30. The number of quaternary nitrogens is 1. The average molecular weight is 694 g/mol. The molecule has 0 amide bonds. The number of ether oxygens (including phenoxy) is 3. The standard InChI is InChI=1S/C37H61N2O5.BrH/c1-6-11-34(41)44-35-32(39(18-7-2)19-9-8-10-20-39)24-30-28-13-12-27-23-33(43-26(3)40)31(38-16-21-42-22-17-38)25-37(27,5)29(28)14-15-36(30,35)4;/h7,27-33,35H,2,6,8-25H2,1,3-5H3;1H/q+1;/p-1/t27-,28+,29-,30-,31-,32-,33-,35-,36-,37-;/m0./s1. The van der Waals surface area contributed by atoms with Gasteiger partial charge in [0.25, 0.3) is 0 Å². The molecule has 0 bridgehead atoms. The van der Waals surface area contributed by atoms with Gasteiger partial charge in [-0.05, 0) is 99.4 Å². The van der Waals surface area contributed by atoms with Crippen LogP contribution in [0.1, 0.15) is 105 Å². The summed E-state index contributed by atoms with van der Waals surface area (Å²) in [6.45, 7) is 19.7. The van der Waals surface area contributed by atoms with Crippen LogP contribution >= 0.6 is 0 Å². The summed E-state index contributed by atoms with van der Waals surface area (Å²) < 4.78 is 19.5. The molecule has 0 spiro atoms. The summed E-state index contributed by atoms with van der Waals surface area (Å²) in [4.78, 5) is 28.0. The van der Waals surface area contributed by atoms with Crippen LogP contribution in [-0.4, -0.2) is 91.6 Å². The Morgan fingerprint density at radius 2 is 1.73 bits per heavy atom. The van der Waals surface area contributed by atoms with Gasteiger partial charge in [-0.2, -0.15) is 0 Å². The number of carbonyl (C=O) groups is 2. The first-order chi connectivity index (χ1) is 21.1. The number of hydrogen-bond donors (Lipinski definition) is 0. The fourth-order valence-electron chi connectivity index (χ4n) is 12.0. The van der Waals surface area contributed by atoms with Crippen molar-refractivity contribution < 1.29 is 45.3 Å². The van der Waals surface area contributed by atoms with Gasteiger partial charge in [0, 0.05) is 44.3 Å². The van der Waals surface area contributed by atoms with Crippen LogP contribution in [0.2, 0.25) is 0 Å². The Bertz CT molecular complexity index is 1060. The second-order valence-corrected chi connectivity index (χ2v) is 16.2. The van der Waals surface area contributed by atoms with Crippen LogP contribution in [0.25, 0.3) is 0 Å². The Balaban J connectivity index is 0.00000400. The van der Waals surface area contributed by atoms with E-state index in [0.717, 1.165) is 63.0 Å². The van der Waals surface area contributed by atoms with E-state index >= 15 is 0 Å². The molecule has 0 aromatic rings. The first-order valence-corrected chi connectivity index (χ1v) is 18.3. The van der Waals surface area contributed by atoms with Crippen molar-refractivity contribution in [1.82, 2.24) is 4.90 Å². The molecular weight excluding hydrogens is 632 g/mol. The molecule has 6 fully saturated rings. The van der Waals surface area contributed by atoms with Gasteiger partial charge in [0.15, 0.2) is 6.10 Å². The summed E-state index contributed by atoms with van der Waals surface area (Å²) in [7, 11) is 0. The topological polar surface area (TPSA) is 65.1 Å². The summed E-state index contributed by atoms with van der Waals surface area (Å²) in [5.74, 6) is 2.37. The number of likely N-dealkylation sites (tertiary alicyclic amines) is 1. The van der Waals surface area contributed by atoms with Crippen molar-refractivity contribution in [3.8, 4) is 0 Å². The molecule has 10 atom stereocenters. The maximum absolute atomic E-state index is 13.2. The van der Waals surface area contributed by atoms with Gasteiger partial charge in [-0.15, -0.1) is 0 Å². The van der Waals surface area contributed by atoms with E-state index < -0.39 is 0 Å². The zero-order valence-corrected chi connectivity index (χ0v) is 30.2. The van der Waals surface area contributed by atoms with E-state index in [1.807, 2.05) is 0 Å². The van der Waals surface area contributed by atoms with Gasteiger partial charge >= 0.3 is 11.9 Å². The number of piperidine rings is 1. The number of esters is 2. The van der Waals surface area contributed by atoms with Gasteiger partial charge in [-0.25, -0.2) is 0 Å². The van der Waals surface area contributed by atoms with E-state index in [1.54, 1.807) is 6.92 Å². The Labute approximate surface area is 283 Å². The lowest BCUT2D eigenvalue weighted by Gasteiger charge is -2.62. The Hall–Kier alpha value is -0.960. The van der Waals surface area contributed by atoms with Gasteiger partial charge in [0.05, 0.1) is 32.8 Å². The van der Waals surface area contributed by atoms with Crippen LogP contribution in [0.5, 0.6) is 0 Å². The van der Waals surface area contributed by atoms with Crippen molar-refractivity contribution in [1.29, 1.82) is 0 Å². The molecule has 0 radical (unpaired) electrons. The molecule has 6 rings (SSSR count). The van der Waals surface area contributed by atoms with Crippen LogP contribution in [-0.2, 0) is 23.8 Å². The molecule has 8 heteroatoms. The highest BCUT2D eigenvalue weighted by atomic mass is 79.9. The SMILES string of the molecule is C=CC[N+]1([C@H]2C[C@H]3[C@@H]4CC[C@H]5C[C@H](OC(C)=O)[C@@H](N6CCOCC6)C[C@]5(C)[C@H]4CC[C@]3(C)[C@H]2OC(=O)CCC)CCCCC1.[Br-]. The lowest BCUT2D eigenvalue weighted by molar-refractivity contribution is -0.952. The first kappa shape index (κ1) is 35.3. The van der Waals surface area contributed by atoms with Gasteiger partial charge in [0.2, 0.25) is 0 Å². The van der Waals surface area contributed by atoms with Crippen molar-refractivity contribution in [3.05, 3.63) is 12.7 Å². The second kappa shape index (κ2) is 14.3. The van der Waals surface area contributed by atoms with Crippen molar-refractivity contribution >= 4 is 11.9 Å². The van der Waals surface area contributed by atoms with E-state index in [2.05, 4.69) is 38.3 Å². The summed E-state index contributed by atoms with van der Waals surface area (Å²) in [5.41, 5.74) is 0.260. The third kappa shape index (κ3) is 6.45. The number of carbonyl (C=O) groups excluding carboxylic acids is 2. The zero-order chi connectivity index (χ0) is 31.1. The monoisotopic (exact) mass is 692 g/mol. The zero-order valence-electron chi connectivity index (χ0n) is 28.7. The molecule has 2 saturated heterocycles. The fourth-order valence-corrected chi connectivity index (χ4v) is 12.0. The van der Waals surface area contributed by atoms with Crippen molar-refractivity contribution in [2.75, 3.05) is 45.9 Å². The summed E-state index contributed by atoms with van der Waals surface area (Å²) >= 11 is 0. The first-order valence-electron chi connectivity index (χ1n) is 18.3. The third-order valence-electron chi connectivity index (χ3n) is 14.0. The smallest absolute Gasteiger partial charge is 0.306 e. The van der Waals surface area contributed by atoms with Crippen LogP contribution < -0.4 is 17.0 Å². The highest BCUT2D eigenvalue weighted by Crippen LogP contribution is 2.68. The van der Waals surface area contributed by atoms with Crippen LogP contribution in [0, 0.1) is 34.5 Å². The molecule has 0 N–H and O–H groups in total. The minimum Gasteiger partial charge on any atom is -1.00 e. The fraction of sp³-hybridized carbons (Fsp3) is 0.892. The molecule has 4 saturated carbocycles. The van der Waals surface area contributed by atoms with E-state index in [1.165, 1.54) is 58.0 Å². The van der Waals surface area contributed by atoms with E-state index in [9.17, 15) is 9.59 Å². The van der Waals surface area contributed by atoms with Crippen molar-refractivity contribution in [2.45, 2.75) is 129 Å². The summed E-state index contributed by atoms with van der Waals surface area (Å²) in [6.07, 6.45) is 15.4. The number of nitrogens with zero attached hydrogens (tertiary/aromatic N) is 2. The maximum atomic E-state index is 13.2. The van der Waals surface area contributed by atoms with Gasteiger partial charge < -0.3 is 35.7 Å². The van der Waals surface area contributed by atoms with Gasteiger partial charge in [-0.3, -0.25) is 14.5 Å². The predicted octanol–water partition coefficient (Wildman–Crippen LogP) is 3.15. The molecule has 2 aliphatic heterocycles.